The summed E-state index contributed by atoms with van der Waals surface area (Å²) in [6, 6.07) is 3.35. The molecule has 1 aliphatic heterocycles. The Bertz CT molecular complexity index is 395. The molecule has 1 aromatic heterocycles. The third-order valence-corrected chi connectivity index (χ3v) is 3.32. The summed E-state index contributed by atoms with van der Waals surface area (Å²) in [5, 5.41) is 12.9. The Morgan fingerprint density at radius 1 is 1.67 bits per heavy atom. The molecular formula is C13H20N2O3. The minimum Gasteiger partial charge on any atom is -0.467 e. The molecule has 100 valence electrons. The van der Waals surface area contributed by atoms with Crippen LogP contribution in [0.15, 0.2) is 22.8 Å². The highest BCUT2D eigenvalue weighted by Crippen LogP contribution is 2.26. The average Bonchev–Trinajstić information content (AvgIpc) is 2.95. The van der Waals surface area contributed by atoms with E-state index < -0.39 is 5.60 Å². The molecule has 2 heterocycles. The molecule has 1 atom stereocenters. The summed E-state index contributed by atoms with van der Waals surface area (Å²) in [6.07, 6.45) is 3.36. The third kappa shape index (κ3) is 2.85. The summed E-state index contributed by atoms with van der Waals surface area (Å²) in [5.74, 6) is 0.724. The first kappa shape index (κ1) is 13.0. The highest BCUT2D eigenvalue weighted by molar-refractivity contribution is 5.75. The second kappa shape index (κ2) is 5.02. The van der Waals surface area contributed by atoms with E-state index in [4.69, 9.17) is 4.42 Å². The van der Waals surface area contributed by atoms with Gasteiger partial charge in [-0.15, -0.1) is 0 Å². The van der Waals surface area contributed by atoms with Gasteiger partial charge in [0, 0.05) is 6.54 Å². The monoisotopic (exact) mass is 252 g/mol. The van der Waals surface area contributed by atoms with Gasteiger partial charge in [0.15, 0.2) is 0 Å². The summed E-state index contributed by atoms with van der Waals surface area (Å²) in [7, 11) is 0. The van der Waals surface area contributed by atoms with Gasteiger partial charge in [-0.2, -0.15) is 0 Å². The first-order valence-electron chi connectivity index (χ1n) is 6.27. The van der Waals surface area contributed by atoms with Crippen LogP contribution in [-0.2, 0) is 6.54 Å². The molecule has 1 aliphatic rings. The van der Waals surface area contributed by atoms with Crippen LogP contribution in [0.25, 0.3) is 0 Å². The van der Waals surface area contributed by atoms with Crippen molar-refractivity contribution in [1.29, 1.82) is 0 Å². The summed E-state index contributed by atoms with van der Waals surface area (Å²) in [4.78, 5) is 13.8. The molecule has 0 radical (unpaired) electrons. The van der Waals surface area contributed by atoms with Gasteiger partial charge in [-0.05, 0) is 38.8 Å². The number of amides is 2. The number of carbonyl (C=O) groups is 1. The Kier molecular flexibility index (Phi) is 3.61. The predicted octanol–water partition coefficient (Wildman–Crippen LogP) is 1.72. The smallest absolute Gasteiger partial charge is 0.318 e. The van der Waals surface area contributed by atoms with E-state index in [-0.39, 0.29) is 12.1 Å². The van der Waals surface area contributed by atoms with Gasteiger partial charge in [0.05, 0.1) is 24.5 Å². The molecule has 5 heteroatoms. The molecule has 0 spiro atoms. The zero-order valence-corrected chi connectivity index (χ0v) is 10.8. The maximum Gasteiger partial charge on any atom is 0.318 e. The van der Waals surface area contributed by atoms with Crippen LogP contribution in [0.2, 0.25) is 0 Å². The van der Waals surface area contributed by atoms with Crippen molar-refractivity contribution < 1.29 is 14.3 Å². The van der Waals surface area contributed by atoms with Crippen LogP contribution < -0.4 is 5.32 Å². The highest BCUT2D eigenvalue weighted by Gasteiger charge is 2.38. The van der Waals surface area contributed by atoms with E-state index in [2.05, 4.69) is 5.32 Å². The SMILES string of the molecule is CC(C)(O)C1CCCN1C(=O)NCc1ccco1. The number of nitrogens with zero attached hydrogens (tertiary/aromatic N) is 1. The molecule has 18 heavy (non-hydrogen) atoms. The Morgan fingerprint density at radius 2 is 2.44 bits per heavy atom. The number of aliphatic hydroxyl groups is 1. The topological polar surface area (TPSA) is 65.7 Å². The molecule has 0 aliphatic carbocycles. The lowest BCUT2D eigenvalue weighted by molar-refractivity contribution is 0.00974. The van der Waals surface area contributed by atoms with E-state index in [0.29, 0.717) is 13.1 Å². The number of rotatable bonds is 3. The van der Waals surface area contributed by atoms with Gasteiger partial charge < -0.3 is 19.7 Å². The number of nitrogens with one attached hydrogen (secondary N) is 1. The lowest BCUT2D eigenvalue weighted by Gasteiger charge is -2.33. The number of hydrogen-bond donors (Lipinski definition) is 2. The van der Waals surface area contributed by atoms with Crippen LogP contribution in [0.3, 0.4) is 0 Å². The zero-order valence-electron chi connectivity index (χ0n) is 10.8. The van der Waals surface area contributed by atoms with Crippen LogP contribution in [0.4, 0.5) is 4.79 Å². The summed E-state index contributed by atoms with van der Waals surface area (Å²) >= 11 is 0. The molecule has 1 fully saturated rings. The molecule has 1 aromatic rings. The van der Waals surface area contributed by atoms with Gasteiger partial charge in [-0.3, -0.25) is 0 Å². The first-order valence-corrected chi connectivity index (χ1v) is 6.27. The van der Waals surface area contributed by atoms with Crippen LogP contribution in [0.1, 0.15) is 32.4 Å². The molecular weight excluding hydrogens is 232 g/mol. The molecule has 1 saturated heterocycles. The molecule has 0 saturated carbocycles. The van der Waals surface area contributed by atoms with Crippen LogP contribution in [-0.4, -0.2) is 34.2 Å². The normalized spacial score (nSPS) is 20.2. The van der Waals surface area contributed by atoms with E-state index in [1.807, 2.05) is 6.07 Å². The van der Waals surface area contributed by atoms with Crippen molar-refractivity contribution in [3.05, 3.63) is 24.2 Å². The van der Waals surface area contributed by atoms with E-state index >= 15 is 0 Å². The maximum absolute atomic E-state index is 12.1. The van der Waals surface area contributed by atoms with Gasteiger partial charge in [-0.1, -0.05) is 0 Å². The van der Waals surface area contributed by atoms with Gasteiger partial charge in [-0.25, -0.2) is 4.79 Å². The highest BCUT2D eigenvalue weighted by atomic mass is 16.3. The Labute approximate surface area is 107 Å². The summed E-state index contributed by atoms with van der Waals surface area (Å²) < 4.78 is 5.16. The first-order chi connectivity index (χ1) is 8.48. The lowest BCUT2D eigenvalue weighted by atomic mass is 9.97. The van der Waals surface area contributed by atoms with Crippen LogP contribution >= 0.6 is 0 Å². The minimum absolute atomic E-state index is 0.117. The maximum atomic E-state index is 12.1. The number of hydrogen-bond acceptors (Lipinski definition) is 3. The number of carbonyl (C=O) groups excluding carboxylic acids is 1. The van der Waals surface area contributed by atoms with Crippen LogP contribution in [0, 0.1) is 0 Å². The fourth-order valence-electron chi connectivity index (χ4n) is 2.42. The van der Waals surface area contributed by atoms with E-state index in [0.717, 1.165) is 18.6 Å². The van der Waals surface area contributed by atoms with Crippen molar-refractivity contribution in [3.63, 3.8) is 0 Å². The largest absolute Gasteiger partial charge is 0.467 e. The summed E-state index contributed by atoms with van der Waals surface area (Å²) in [5.41, 5.74) is -0.863. The van der Waals surface area contributed by atoms with Crippen molar-refractivity contribution in [2.45, 2.75) is 44.9 Å². The van der Waals surface area contributed by atoms with Gasteiger partial charge in [0.1, 0.15) is 5.76 Å². The predicted molar refractivity (Wildman–Crippen MR) is 67.0 cm³/mol. The fraction of sp³-hybridized carbons (Fsp3) is 0.615. The lowest BCUT2D eigenvalue weighted by Crippen LogP contribution is -2.51. The Morgan fingerprint density at radius 3 is 3.06 bits per heavy atom. The average molecular weight is 252 g/mol. The third-order valence-electron chi connectivity index (χ3n) is 3.32. The van der Waals surface area contributed by atoms with Crippen molar-refractivity contribution in [2.75, 3.05) is 6.54 Å². The minimum atomic E-state index is -0.863. The van der Waals surface area contributed by atoms with Crippen molar-refractivity contribution in [2.24, 2.45) is 0 Å². The second-order valence-corrected chi connectivity index (χ2v) is 5.24. The van der Waals surface area contributed by atoms with E-state index in [1.165, 1.54) is 0 Å². The van der Waals surface area contributed by atoms with Crippen LogP contribution in [0.5, 0.6) is 0 Å². The molecule has 2 amide bonds. The Hall–Kier alpha value is -1.49. The van der Waals surface area contributed by atoms with Crippen molar-refractivity contribution >= 4 is 6.03 Å². The number of furan rings is 1. The van der Waals surface area contributed by atoms with E-state index in [1.54, 1.807) is 31.1 Å². The molecule has 5 nitrogen and oxygen atoms in total. The van der Waals surface area contributed by atoms with Gasteiger partial charge in [0.2, 0.25) is 0 Å². The standard InChI is InChI=1S/C13H20N2O3/c1-13(2,17)11-6-3-7-15(11)12(16)14-9-10-5-4-8-18-10/h4-5,8,11,17H,3,6-7,9H2,1-2H3,(H,14,16). The van der Waals surface area contributed by atoms with Gasteiger partial charge in [0.25, 0.3) is 0 Å². The van der Waals surface area contributed by atoms with Gasteiger partial charge >= 0.3 is 6.03 Å². The fourth-order valence-corrected chi connectivity index (χ4v) is 2.42. The zero-order chi connectivity index (χ0) is 13.2. The summed E-state index contributed by atoms with van der Waals surface area (Å²) in [6.45, 7) is 4.56. The number of urea groups is 1. The molecule has 2 rings (SSSR count). The van der Waals surface area contributed by atoms with Crippen molar-refractivity contribution in [1.82, 2.24) is 10.2 Å². The van der Waals surface area contributed by atoms with E-state index in [9.17, 15) is 9.90 Å². The Balaban J connectivity index is 1.92. The second-order valence-electron chi connectivity index (χ2n) is 5.24. The van der Waals surface area contributed by atoms with Crippen molar-refractivity contribution in [3.8, 4) is 0 Å². The molecule has 0 bridgehead atoms. The quantitative estimate of drug-likeness (QED) is 0.861. The molecule has 2 N–H and O–H groups in total. The number of likely N-dealkylation sites (tertiary alicyclic amines) is 1. The molecule has 1 unspecified atom stereocenters. The molecule has 0 aromatic carbocycles.